The molecule has 0 aromatic heterocycles. The molecule has 2 unspecified atom stereocenters. The van der Waals surface area contributed by atoms with Gasteiger partial charge in [-0.05, 0) is 19.1 Å². The summed E-state index contributed by atoms with van der Waals surface area (Å²) in [6, 6.07) is 2.67. The van der Waals surface area contributed by atoms with Crippen LogP contribution in [0.4, 0.5) is 9.18 Å². The first-order valence-corrected chi connectivity index (χ1v) is 6.07. The average molecular weight is 269 g/mol. The van der Waals surface area contributed by atoms with Crippen molar-refractivity contribution in [2.45, 2.75) is 32.0 Å². The molecule has 0 saturated carbocycles. The van der Waals surface area contributed by atoms with Crippen LogP contribution in [0, 0.1) is 5.82 Å². The molecule has 2 atom stereocenters. The number of carbonyl (C=O) groups excluding carboxylic acids is 1. The monoisotopic (exact) mass is 269 g/mol. The molecule has 2 rings (SSSR count). The summed E-state index contributed by atoms with van der Waals surface area (Å²) in [5, 5.41) is 8.92. The number of hydrogen-bond acceptors (Lipinski definition) is 4. The third-order valence-electron chi connectivity index (χ3n) is 3.07. The molecule has 6 heteroatoms. The molecule has 0 spiro atoms. The predicted octanol–water partition coefficient (Wildman–Crippen LogP) is 1.67. The zero-order valence-electron chi connectivity index (χ0n) is 10.6. The van der Waals surface area contributed by atoms with Gasteiger partial charge >= 0.3 is 6.09 Å². The molecule has 104 valence electrons. The molecule has 0 bridgehead atoms. The number of nitrogens with two attached hydrogens (primary N) is 1. The van der Waals surface area contributed by atoms with Crippen LogP contribution in [0.1, 0.15) is 30.6 Å². The maximum absolute atomic E-state index is 13.6. The van der Waals surface area contributed by atoms with Crippen LogP contribution in [-0.4, -0.2) is 23.9 Å². The van der Waals surface area contributed by atoms with Crippen molar-refractivity contribution in [2.24, 2.45) is 5.73 Å². The lowest BCUT2D eigenvalue weighted by atomic mass is 10.0. The van der Waals surface area contributed by atoms with Gasteiger partial charge in [0.1, 0.15) is 23.8 Å². The number of amides is 1. The SMILES string of the molecule is CC(OC(N)=O)c1cc(F)cc2c1OC(CCO)C2. The minimum atomic E-state index is -0.921. The number of hydrogen-bond donors (Lipinski definition) is 2. The Hall–Kier alpha value is -1.82. The van der Waals surface area contributed by atoms with Crippen molar-refractivity contribution in [1.29, 1.82) is 0 Å². The summed E-state index contributed by atoms with van der Waals surface area (Å²) >= 11 is 0. The van der Waals surface area contributed by atoms with E-state index < -0.39 is 18.0 Å². The first-order chi connectivity index (χ1) is 9.01. The molecular weight excluding hydrogens is 253 g/mol. The normalized spacial score (nSPS) is 18.6. The van der Waals surface area contributed by atoms with Gasteiger partial charge in [0.15, 0.2) is 0 Å². The van der Waals surface area contributed by atoms with Crippen LogP contribution in [0.5, 0.6) is 5.75 Å². The molecule has 0 radical (unpaired) electrons. The highest BCUT2D eigenvalue weighted by Crippen LogP contribution is 2.38. The van der Waals surface area contributed by atoms with Crippen LogP contribution < -0.4 is 10.5 Å². The maximum Gasteiger partial charge on any atom is 0.405 e. The minimum Gasteiger partial charge on any atom is -0.489 e. The molecular formula is C13H16FNO4. The molecule has 1 amide bonds. The van der Waals surface area contributed by atoms with E-state index in [1.54, 1.807) is 6.92 Å². The second kappa shape index (κ2) is 5.44. The number of ether oxygens (including phenoxy) is 2. The van der Waals surface area contributed by atoms with Crippen molar-refractivity contribution in [3.63, 3.8) is 0 Å². The summed E-state index contributed by atoms with van der Waals surface area (Å²) in [6.07, 6.45) is -0.781. The van der Waals surface area contributed by atoms with Crippen molar-refractivity contribution in [1.82, 2.24) is 0 Å². The summed E-state index contributed by atoms with van der Waals surface area (Å²) in [6.45, 7) is 1.60. The van der Waals surface area contributed by atoms with E-state index in [9.17, 15) is 9.18 Å². The predicted molar refractivity (Wildman–Crippen MR) is 65.3 cm³/mol. The molecule has 1 aliphatic heterocycles. The Kier molecular flexibility index (Phi) is 3.90. The fourth-order valence-electron chi connectivity index (χ4n) is 2.27. The first kappa shape index (κ1) is 13.6. The molecule has 3 N–H and O–H groups in total. The zero-order valence-corrected chi connectivity index (χ0v) is 10.6. The van der Waals surface area contributed by atoms with Crippen molar-refractivity contribution >= 4 is 6.09 Å². The highest BCUT2D eigenvalue weighted by atomic mass is 19.1. The third-order valence-corrected chi connectivity index (χ3v) is 3.07. The molecule has 1 aromatic rings. The van der Waals surface area contributed by atoms with Crippen LogP contribution in [0.15, 0.2) is 12.1 Å². The van der Waals surface area contributed by atoms with Gasteiger partial charge < -0.3 is 20.3 Å². The number of aliphatic hydroxyl groups is 1. The number of benzene rings is 1. The molecule has 1 aliphatic rings. The van der Waals surface area contributed by atoms with Gasteiger partial charge in [-0.15, -0.1) is 0 Å². The summed E-state index contributed by atoms with van der Waals surface area (Å²) in [5.74, 6) is 0.107. The number of rotatable bonds is 4. The average Bonchev–Trinajstić information content (AvgIpc) is 2.69. The van der Waals surface area contributed by atoms with E-state index >= 15 is 0 Å². The van der Waals surface area contributed by atoms with Crippen molar-refractivity contribution in [3.8, 4) is 5.75 Å². The van der Waals surface area contributed by atoms with Gasteiger partial charge in [-0.3, -0.25) is 0 Å². The van der Waals surface area contributed by atoms with Gasteiger partial charge in [0.2, 0.25) is 0 Å². The summed E-state index contributed by atoms with van der Waals surface area (Å²) < 4.78 is 24.1. The Labute approximate surface area is 110 Å². The lowest BCUT2D eigenvalue weighted by Crippen LogP contribution is -2.17. The first-order valence-electron chi connectivity index (χ1n) is 6.07. The van der Waals surface area contributed by atoms with Crippen LogP contribution >= 0.6 is 0 Å². The van der Waals surface area contributed by atoms with Gasteiger partial charge in [0, 0.05) is 30.6 Å². The van der Waals surface area contributed by atoms with Crippen molar-refractivity contribution in [3.05, 3.63) is 29.1 Å². The second-order valence-electron chi connectivity index (χ2n) is 4.52. The Bertz CT molecular complexity index is 492. The van der Waals surface area contributed by atoms with Gasteiger partial charge in [-0.2, -0.15) is 0 Å². The topological polar surface area (TPSA) is 81.8 Å². The standard InChI is InChI=1S/C13H16FNO4/c1-7(18-13(15)17)11-6-9(14)4-8-5-10(2-3-16)19-12(8)11/h4,6-7,10,16H,2-3,5H2,1H3,(H2,15,17). The molecule has 0 saturated heterocycles. The van der Waals surface area contributed by atoms with Crippen LogP contribution in [0.25, 0.3) is 0 Å². The highest BCUT2D eigenvalue weighted by Gasteiger charge is 2.28. The van der Waals surface area contributed by atoms with Gasteiger partial charge in [0.25, 0.3) is 0 Å². The molecule has 1 heterocycles. The second-order valence-corrected chi connectivity index (χ2v) is 4.52. The molecule has 1 aromatic carbocycles. The van der Waals surface area contributed by atoms with E-state index in [1.165, 1.54) is 12.1 Å². The fraction of sp³-hybridized carbons (Fsp3) is 0.462. The summed E-state index contributed by atoms with van der Waals surface area (Å²) in [5.41, 5.74) is 6.13. The lowest BCUT2D eigenvalue weighted by Gasteiger charge is -2.16. The number of carbonyl (C=O) groups is 1. The summed E-state index contributed by atoms with van der Waals surface area (Å²) in [4.78, 5) is 10.8. The zero-order chi connectivity index (χ0) is 14.0. The Balaban J connectivity index is 2.29. The number of aliphatic hydroxyl groups excluding tert-OH is 1. The highest BCUT2D eigenvalue weighted by molar-refractivity contribution is 5.65. The van der Waals surface area contributed by atoms with E-state index in [-0.39, 0.29) is 12.7 Å². The lowest BCUT2D eigenvalue weighted by molar-refractivity contribution is 0.112. The van der Waals surface area contributed by atoms with Crippen molar-refractivity contribution in [2.75, 3.05) is 6.61 Å². The smallest absolute Gasteiger partial charge is 0.405 e. The number of primary amides is 1. The number of halogens is 1. The Morgan fingerprint density at radius 3 is 3.05 bits per heavy atom. The van der Waals surface area contributed by atoms with Crippen molar-refractivity contribution < 1.29 is 23.8 Å². The van der Waals surface area contributed by atoms with E-state index in [1.807, 2.05) is 0 Å². The minimum absolute atomic E-state index is 0.00378. The Morgan fingerprint density at radius 1 is 1.68 bits per heavy atom. The van der Waals surface area contributed by atoms with E-state index in [0.29, 0.717) is 29.7 Å². The van der Waals surface area contributed by atoms with E-state index in [2.05, 4.69) is 0 Å². The van der Waals surface area contributed by atoms with Gasteiger partial charge in [-0.1, -0.05) is 0 Å². The summed E-state index contributed by atoms with van der Waals surface area (Å²) in [7, 11) is 0. The number of fused-ring (bicyclic) bond motifs is 1. The van der Waals surface area contributed by atoms with E-state index in [4.69, 9.17) is 20.3 Å². The van der Waals surface area contributed by atoms with Crippen LogP contribution in [0.3, 0.4) is 0 Å². The Morgan fingerprint density at radius 2 is 2.42 bits per heavy atom. The molecule has 19 heavy (non-hydrogen) atoms. The molecule has 5 nitrogen and oxygen atoms in total. The van der Waals surface area contributed by atoms with E-state index in [0.717, 1.165) is 0 Å². The quantitative estimate of drug-likeness (QED) is 0.871. The molecule has 0 aliphatic carbocycles. The molecule has 0 fully saturated rings. The van der Waals surface area contributed by atoms with Gasteiger partial charge in [0.05, 0.1) is 0 Å². The van der Waals surface area contributed by atoms with Crippen LogP contribution in [0.2, 0.25) is 0 Å². The fourth-order valence-corrected chi connectivity index (χ4v) is 2.27. The maximum atomic E-state index is 13.6. The van der Waals surface area contributed by atoms with Gasteiger partial charge in [-0.25, -0.2) is 9.18 Å². The van der Waals surface area contributed by atoms with Crippen LogP contribution in [-0.2, 0) is 11.2 Å². The third kappa shape index (κ3) is 2.96. The largest absolute Gasteiger partial charge is 0.489 e.